The highest BCUT2D eigenvalue weighted by molar-refractivity contribution is 5.33. The van der Waals surface area contributed by atoms with E-state index in [0.717, 1.165) is 24.3 Å². The Morgan fingerprint density at radius 3 is 3.05 bits per heavy atom. The lowest BCUT2D eigenvalue weighted by Crippen LogP contribution is -2.16. The van der Waals surface area contributed by atoms with E-state index in [2.05, 4.69) is 17.3 Å². The van der Waals surface area contributed by atoms with Gasteiger partial charge in [-0.2, -0.15) is 5.10 Å². The van der Waals surface area contributed by atoms with Gasteiger partial charge in [0.2, 0.25) is 0 Å². The average Bonchev–Trinajstić information content (AvgIpc) is 2.95. The SMILES string of the molecule is CCCNCc1cc(F)ccc1OCCn1cccn1. The fourth-order valence-corrected chi connectivity index (χ4v) is 1.91. The highest BCUT2D eigenvalue weighted by atomic mass is 19.1. The lowest BCUT2D eigenvalue weighted by atomic mass is 10.2. The van der Waals surface area contributed by atoms with E-state index >= 15 is 0 Å². The maximum atomic E-state index is 13.3. The van der Waals surface area contributed by atoms with Crippen LogP contribution in [0.3, 0.4) is 0 Å². The number of nitrogens with one attached hydrogen (secondary N) is 1. The van der Waals surface area contributed by atoms with E-state index in [-0.39, 0.29) is 5.82 Å². The van der Waals surface area contributed by atoms with Crippen molar-refractivity contribution in [2.75, 3.05) is 13.2 Å². The summed E-state index contributed by atoms with van der Waals surface area (Å²) in [4.78, 5) is 0. The van der Waals surface area contributed by atoms with Crippen LogP contribution >= 0.6 is 0 Å². The van der Waals surface area contributed by atoms with Crippen molar-refractivity contribution < 1.29 is 9.13 Å². The van der Waals surface area contributed by atoms with Gasteiger partial charge in [-0.15, -0.1) is 0 Å². The minimum absolute atomic E-state index is 0.238. The number of nitrogens with zero attached hydrogens (tertiary/aromatic N) is 2. The summed E-state index contributed by atoms with van der Waals surface area (Å²) in [7, 11) is 0. The molecule has 0 radical (unpaired) electrons. The molecule has 0 unspecified atom stereocenters. The van der Waals surface area contributed by atoms with Gasteiger partial charge in [0, 0.05) is 24.5 Å². The molecule has 0 aliphatic rings. The van der Waals surface area contributed by atoms with Crippen LogP contribution in [0.15, 0.2) is 36.7 Å². The minimum atomic E-state index is -0.238. The lowest BCUT2D eigenvalue weighted by Gasteiger charge is -2.12. The monoisotopic (exact) mass is 277 g/mol. The molecule has 0 saturated carbocycles. The normalized spacial score (nSPS) is 10.7. The van der Waals surface area contributed by atoms with Crippen LogP contribution in [0.5, 0.6) is 5.75 Å². The van der Waals surface area contributed by atoms with Gasteiger partial charge in [0.05, 0.1) is 6.54 Å². The van der Waals surface area contributed by atoms with E-state index in [0.29, 0.717) is 19.7 Å². The first-order chi connectivity index (χ1) is 9.79. The van der Waals surface area contributed by atoms with E-state index in [1.807, 2.05) is 12.3 Å². The molecule has 1 aromatic carbocycles. The number of benzene rings is 1. The molecule has 108 valence electrons. The van der Waals surface area contributed by atoms with Gasteiger partial charge < -0.3 is 10.1 Å². The van der Waals surface area contributed by atoms with Crippen molar-refractivity contribution in [1.29, 1.82) is 0 Å². The molecular formula is C15H20FN3O. The van der Waals surface area contributed by atoms with Crippen LogP contribution in [-0.2, 0) is 13.1 Å². The van der Waals surface area contributed by atoms with E-state index in [9.17, 15) is 4.39 Å². The first-order valence-corrected chi connectivity index (χ1v) is 6.89. The van der Waals surface area contributed by atoms with Crippen LogP contribution in [0.1, 0.15) is 18.9 Å². The van der Waals surface area contributed by atoms with E-state index in [1.54, 1.807) is 16.9 Å². The zero-order valence-corrected chi connectivity index (χ0v) is 11.7. The highest BCUT2D eigenvalue weighted by Gasteiger charge is 2.05. The zero-order chi connectivity index (χ0) is 14.2. The summed E-state index contributed by atoms with van der Waals surface area (Å²) < 4.78 is 20.8. The molecule has 0 saturated heterocycles. The number of hydrogen-bond acceptors (Lipinski definition) is 3. The Hall–Kier alpha value is -1.88. The molecule has 1 heterocycles. The molecule has 1 N–H and O–H groups in total. The van der Waals surface area contributed by atoms with Crippen molar-refractivity contribution in [3.63, 3.8) is 0 Å². The van der Waals surface area contributed by atoms with Crippen LogP contribution in [0.2, 0.25) is 0 Å². The first kappa shape index (κ1) is 14.5. The molecule has 0 aliphatic heterocycles. The summed E-state index contributed by atoms with van der Waals surface area (Å²) in [5.74, 6) is 0.486. The summed E-state index contributed by atoms with van der Waals surface area (Å²) in [6.45, 7) is 4.80. The van der Waals surface area contributed by atoms with Crippen molar-refractivity contribution in [1.82, 2.24) is 15.1 Å². The van der Waals surface area contributed by atoms with Crippen molar-refractivity contribution in [2.24, 2.45) is 0 Å². The third-order valence-corrected chi connectivity index (χ3v) is 2.90. The standard InChI is InChI=1S/C15H20FN3O/c1-2-6-17-12-13-11-14(16)4-5-15(13)20-10-9-19-8-3-7-18-19/h3-5,7-8,11,17H,2,6,9-10,12H2,1H3. The van der Waals surface area contributed by atoms with E-state index in [1.165, 1.54) is 12.1 Å². The Morgan fingerprint density at radius 2 is 2.30 bits per heavy atom. The van der Waals surface area contributed by atoms with Crippen molar-refractivity contribution in [3.8, 4) is 5.75 Å². The first-order valence-electron chi connectivity index (χ1n) is 6.89. The Labute approximate surface area is 118 Å². The number of ether oxygens (including phenoxy) is 1. The number of halogens is 1. The molecule has 2 rings (SSSR count). The third kappa shape index (κ3) is 4.35. The molecule has 0 fully saturated rings. The molecule has 20 heavy (non-hydrogen) atoms. The third-order valence-electron chi connectivity index (χ3n) is 2.90. The molecule has 1 aromatic heterocycles. The fourth-order valence-electron chi connectivity index (χ4n) is 1.91. The van der Waals surface area contributed by atoms with Gasteiger partial charge in [-0.05, 0) is 37.2 Å². The molecule has 0 aliphatic carbocycles. The molecule has 4 nitrogen and oxygen atoms in total. The van der Waals surface area contributed by atoms with Gasteiger partial charge in [0.25, 0.3) is 0 Å². The topological polar surface area (TPSA) is 39.1 Å². The summed E-state index contributed by atoms with van der Waals surface area (Å²) in [5, 5.41) is 7.37. The maximum Gasteiger partial charge on any atom is 0.124 e. The summed E-state index contributed by atoms with van der Waals surface area (Å²) >= 11 is 0. The second kappa shape index (κ2) is 7.65. The number of aromatic nitrogens is 2. The number of rotatable bonds is 8. The van der Waals surface area contributed by atoms with Gasteiger partial charge in [0.1, 0.15) is 18.2 Å². The minimum Gasteiger partial charge on any atom is -0.491 e. The molecule has 0 amide bonds. The average molecular weight is 277 g/mol. The molecule has 5 heteroatoms. The van der Waals surface area contributed by atoms with Crippen LogP contribution in [0.4, 0.5) is 4.39 Å². The van der Waals surface area contributed by atoms with Crippen LogP contribution < -0.4 is 10.1 Å². The lowest BCUT2D eigenvalue weighted by molar-refractivity contribution is 0.287. The van der Waals surface area contributed by atoms with Gasteiger partial charge in [0.15, 0.2) is 0 Å². The molecule has 0 spiro atoms. The Balaban J connectivity index is 1.91. The summed E-state index contributed by atoms with van der Waals surface area (Å²) in [6.07, 6.45) is 4.67. The predicted octanol–water partition coefficient (Wildman–Crippen LogP) is 2.60. The molecular weight excluding hydrogens is 257 g/mol. The smallest absolute Gasteiger partial charge is 0.124 e. The quantitative estimate of drug-likeness (QED) is 0.754. The maximum absolute atomic E-state index is 13.3. The predicted molar refractivity (Wildman–Crippen MR) is 76.1 cm³/mol. The second-order valence-corrected chi connectivity index (χ2v) is 4.55. The molecule has 0 atom stereocenters. The fraction of sp³-hybridized carbons (Fsp3) is 0.400. The molecule has 0 bridgehead atoms. The van der Waals surface area contributed by atoms with Crippen LogP contribution in [0, 0.1) is 5.82 Å². The van der Waals surface area contributed by atoms with E-state index in [4.69, 9.17) is 4.74 Å². The Morgan fingerprint density at radius 1 is 1.40 bits per heavy atom. The summed E-state index contributed by atoms with van der Waals surface area (Å²) in [5.41, 5.74) is 0.846. The summed E-state index contributed by atoms with van der Waals surface area (Å²) in [6, 6.07) is 6.50. The largest absolute Gasteiger partial charge is 0.491 e. The molecule has 2 aromatic rings. The Kier molecular flexibility index (Phi) is 5.55. The van der Waals surface area contributed by atoms with Crippen molar-refractivity contribution in [3.05, 3.63) is 48.0 Å². The van der Waals surface area contributed by atoms with Gasteiger partial charge in [-0.1, -0.05) is 6.92 Å². The number of hydrogen-bond donors (Lipinski definition) is 1. The Bertz CT molecular complexity index is 514. The highest BCUT2D eigenvalue weighted by Crippen LogP contribution is 2.19. The van der Waals surface area contributed by atoms with Crippen LogP contribution in [0.25, 0.3) is 0 Å². The van der Waals surface area contributed by atoms with Crippen molar-refractivity contribution in [2.45, 2.75) is 26.4 Å². The van der Waals surface area contributed by atoms with Gasteiger partial charge >= 0.3 is 0 Å². The van der Waals surface area contributed by atoms with Gasteiger partial charge in [-0.3, -0.25) is 4.68 Å². The van der Waals surface area contributed by atoms with Crippen molar-refractivity contribution >= 4 is 0 Å². The van der Waals surface area contributed by atoms with Gasteiger partial charge in [-0.25, -0.2) is 4.39 Å². The zero-order valence-electron chi connectivity index (χ0n) is 11.7. The van der Waals surface area contributed by atoms with E-state index < -0.39 is 0 Å². The van der Waals surface area contributed by atoms with Crippen LogP contribution in [-0.4, -0.2) is 22.9 Å². The second-order valence-electron chi connectivity index (χ2n) is 4.55.